The molecule has 0 radical (unpaired) electrons. The molecule has 0 unspecified atom stereocenters. The molecule has 3 aromatic carbocycles. The van der Waals surface area contributed by atoms with Crippen LogP contribution in [0.3, 0.4) is 0 Å². The Kier molecular flexibility index (Phi) is 4.88. The van der Waals surface area contributed by atoms with E-state index in [0.29, 0.717) is 0 Å². The second-order valence-corrected chi connectivity index (χ2v) is 11.0. The van der Waals surface area contributed by atoms with E-state index in [1.54, 1.807) is 0 Å². The number of nitrogens with zero attached hydrogens (tertiary/aromatic N) is 3. The summed E-state index contributed by atoms with van der Waals surface area (Å²) < 4.78 is 6.76. The second kappa shape index (κ2) is 7.79. The highest BCUT2D eigenvalue weighted by Gasteiger charge is 2.34. The van der Waals surface area contributed by atoms with Gasteiger partial charge in [0.05, 0.1) is 5.69 Å². The Bertz CT molecular complexity index is 1670. The molecule has 4 heteroatoms. The molecule has 0 saturated heterocycles. The minimum Gasteiger partial charge on any atom is -0.448 e. The lowest BCUT2D eigenvalue weighted by Gasteiger charge is -2.35. The Morgan fingerprint density at radius 3 is 2.11 bits per heavy atom. The van der Waals surface area contributed by atoms with Crippen LogP contribution in [0.25, 0.3) is 21.5 Å². The molecular formula is C32H31N3O. The molecule has 1 aliphatic rings. The number of rotatable bonds is 1. The fourth-order valence-corrected chi connectivity index (χ4v) is 5.34. The van der Waals surface area contributed by atoms with E-state index in [-0.39, 0.29) is 5.41 Å². The molecule has 6 rings (SSSR count). The molecule has 0 N–H and O–H groups in total. The van der Waals surface area contributed by atoms with Crippen LogP contribution in [0, 0.1) is 27.7 Å². The predicted octanol–water partition coefficient (Wildman–Crippen LogP) is 8.89. The number of pyridine rings is 2. The van der Waals surface area contributed by atoms with Crippen molar-refractivity contribution in [2.24, 2.45) is 0 Å². The summed E-state index contributed by atoms with van der Waals surface area (Å²) in [6, 6.07) is 19.4. The Morgan fingerprint density at radius 2 is 1.42 bits per heavy atom. The summed E-state index contributed by atoms with van der Waals surface area (Å²) in [7, 11) is 0. The quantitative estimate of drug-likeness (QED) is 0.239. The van der Waals surface area contributed by atoms with Crippen LogP contribution in [-0.4, -0.2) is 9.97 Å². The molecule has 36 heavy (non-hydrogen) atoms. The van der Waals surface area contributed by atoms with Gasteiger partial charge in [0, 0.05) is 33.4 Å². The fraction of sp³-hybridized carbons (Fsp3) is 0.250. The maximum atomic E-state index is 6.76. The summed E-state index contributed by atoms with van der Waals surface area (Å²) in [5, 5.41) is 4.27. The largest absolute Gasteiger partial charge is 0.448 e. The molecular weight excluding hydrogens is 442 g/mol. The second-order valence-electron chi connectivity index (χ2n) is 11.0. The summed E-state index contributed by atoms with van der Waals surface area (Å²) in [6.45, 7) is 15.3. The van der Waals surface area contributed by atoms with E-state index in [2.05, 4.69) is 108 Å². The van der Waals surface area contributed by atoms with E-state index in [1.165, 1.54) is 22.3 Å². The van der Waals surface area contributed by atoms with Crippen molar-refractivity contribution in [1.29, 1.82) is 0 Å². The lowest BCUT2D eigenvalue weighted by Crippen LogP contribution is -2.22. The van der Waals surface area contributed by atoms with Gasteiger partial charge in [0.15, 0.2) is 23.1 Å². The zero-order valence-corrected chi connectivity index (χ0v) is 22.0. The van der Waals surface area contributed by atoms with Gasteiger partial charge in [0.25, 0.3) is 0 Å². The maximum absolute atomic E-state index is 6.76. The van der Waals surface area contributed by atoms with Gasteiger partial charge >= 0.3 is 0 Å². The fourth-order valence-electron chi connectivity index (χ4n) is 5.34. The normalized spacial score (nSPS) is 13.0. The van der Waals surface area contributed by atoms with Gasteiger partial charge in [-0.3, -0.25) is 4.90 Å². The minimum atomic E-state index is 0.0614. The Morgan fingerprint density at radius 1 is 0.750 bits per heavy atom. The van der Waals surface area contributed by atoms with Crippen molar-refractivity contribution < 1.29 is 4.74 Å². The molecule has 2 aromatic heterocycles. The first-order valence-corrected chi connectivity index (χ1v) is 12.5. The van der Waals surface area contributed by atoms with Crippen molar-refractivity contribution in [2.45, 2.75) is 53.9 Å². The summed E-state index contributed by atoms with van der Waals surface area (Å²) in [4.78, 5) is 12.3. The van der Waals surface area contributed by atoms with E-state index in [1.807, 2.05) is 6.20 Å². The highest BCUT2D eigenvalue weighted by atomic mass is 16.5. The monoisotopic (exact) mass is 473 g/mol. The third kappa shape index (κ3) is 3.35. The number of hydrogen-bond donors (Lipinski definition) is 0. The van der Waals surface area contributed by atoms with Gasteiger partial charge < -0.3 is 4.74 Å². The van der Waals surface area contributed by atoms with Gasteiger partial charge in [-0.05, 0) is 55.9 Å². The SMILES string of the molecule is Cc1ccc2cnc3c(c2c1)Oc1c(nc(C)c2ccccc12)N3c1c(C)cc(C(C)(C)C)cc1C. The average molecular weight is 474 g/mol. The van der Waals surface area contributed by atoms with Crippen LogP contribution in [0.2, 0.25) is 0 Å². The number of anilines is 3. The molecule has 0 bridgehead atoms. The molecule has 0 amide bonds. The third-order valence-corrected chi connectivity index (χ3v) is 7.23. The average Bonchev–Trinajstić information content (AvgIpc) is 2.83. The van der Waals surface area contributed by atoms with Gasteiger partial charge in [-0.15, -0.1) is 0 Å². The van der Waals surface area contributed by atoms with E-state index in [0.717, 1.165) is 56.1 Å². The molecule has 4 nitrogen and oxygen atoms in total. The Labute approximate surface area is 212 Å². The number of fused-ring (bicyclic) bond motifs is 6. The first-order chi connectivity index (χ1) is 17.1. The van der Waals surface area contributed by atoms with Gasteiger partial charge in [-0.1, -0.05) is 74.9 Å². The predicted molar refractivity (Wildman–Crippen MR) is 149 cm³/mol. The first kappa shape index (κ1) is 22.5. The van der Waals surface area contributed by atoms with Gasteiger partial charge in [-0.25, -0.2) is 9.97 Å². The molecule has 0 atom stereocenters. The van der Waals surface area contributed by atoms with E-state index in [4.69, 9.17) is 14.7 Å². The number of ether oxygens (including phenoxy) is 1. The highest BCUT2D eigenvalue weighted by molar-refractivity contribution is 6.02. The molecule has 1 aliphatic heterocycles. The molecule has 0 saturated carbocycles. The van der Waals surface area contributed by atoms with Crippen LogP contribution in [0.4, 0.5) is 17.3 Å². The van der Waals surface area contributed by atoms with Crippen LogP contribution in [0.1, 0.15) is 48.7 Å². The van der Waals surface area contributed by atoms with Gasteiger partial charge in [0.1, 0.15) is 0 Å². The maximum Gasteiger partial charge on any atom is 0.183 e. The van der Waals surface area contributed by atoms with Crippen molar-refractivity contribution in [1.82, 2.24) is 9.97 Å². The van der Waals surface area contributed by atoms with E-state index in [9.17, 15) is 0 Å². The lowest BCUT2D eigenvalue weighted by atomic mass is 9.84. The van der Waals surface area contributed by atoms with Crippen LogP contribution >= 0.6 is 0 Å². The molecule has 3 heterocycles. The number of benzene rings is 3. The summed E-state index contributed by atoms with van der Waals surface area (Å²) in [5.74, 6) is 3.11. The number of aryl methyl sites for hydroxylation is 4. The van der Waals surface area contributed by atoms with Crippen molar-refractivity contribution in [3.63, 3.8) is 0 Å². The van der Waals surface area contributed by atoms with Crippen LogP contribution in [0.15, 0.2) is 60.8 Å². The van der Waals surface area contributed by atoms with Gasteiger partial charge in [-0.2, -0.15) is 0 Å². The van der Waals surface area contributed by atoms with Crippen LogP contribution in [0.5, 0.6) is 11.5 Å². The van der Waals surface area contributed by atoms with Crippen molar-refractivity contribution in [3.05, 3.63) is 88.7 Å². The Hall–Kier alpha value is -3.92. The standard InChI is InChI=1S/C32H31N3O/c1-18-12-13-22-17-33-30-29(26(22)14-18)36-28-25-11-9-8-10-24(25)21(4)34-31(28)35(30)27-19(2)15-23(16-20(27)3)32(5,6)7/h8-17H,1-7H3. The van der Waals surface area contributed by atoms with Crippen molar-refractivity contribution in [3.8, 4) is 11.5 Å². The number of aromatic nitrogens is 2. The molecule has 5 aromatic rings. The van der Waals surface area contributed by atoms with Crippen LogP contribution < -0.4 is 9.64 Å². The molecule has 180 valence electrons. The molecule has 0 spiro atoms. The van der Waals surface area contributed by atoms with E-state index >= 15 is 0 Å². The zero-order chi connectivity index (χ0) is 25.4. The minimum absolute atomic E-state index is 0.0614. The third-order valence-electron chi connectivity index (χ3n) is 7.23. The zero-order valence-electron chi connectivity index (χ0n) is 22.0. The highest BCUT2D eigenvalue weighted by Crippen LogP contribution is 2.54. The van der Waals surface area contributed by atoms with Gasteiger partial charge in [0.2, 0.25) is 0 Å². The van der Waals surface area contributed by atoms with E-state index < -0.39 is 0 Å². The summed E-state index contributed by atoms with van der Waals surface area (Å²) in [5.41, 5.74) is 7.03. The Balaban J connectivity index is 1.73. The lowest BCUT2D eigenvalue weighted by molar-refractivity contribution is 0.482. The summed E-state index contributed by atoms with van der Waals surface area (Å²) in [6.07, 6.45) is 1.94. The first-order valence-electron chi connectivity index (χ1n) is 12.5. The summed E-state index contributed by atoms with van der Waals surface area (Å²) >= 11 is 0. The number of hydrogen-bond acceptors (Lipinski definition) is 4. The van der Waals surface area contributed by atoms with Crippen molar-refractivity contribution in [2.75, 3.05) is 4.90 Å². The molecule has 0 aliphatic carbocycles. The molecule has 0 fully saturated rings. The smallest absolute Gasteiger partial charge is 0.183 e. The van der Waals surface area contributed by atoms with Crippen LogP contribution in [-0.2, 0) is 5.41 Å². The topological polar surface area (TPSA) is 38.3 Å². The van der Waals surface area contributed by atoms with Crippen molar-refractivity contribution >= 4 is 38.9 Å².